The Labute approximate surface area is 226 Å². The average molecular weight is 577 g/mol. The summed E-state index contributed by atoms with van der Waals surface area (Å²) in [6.07, 6.45) is 2.59. The van der Waals surface area contributed by atoms with Crippen LogP contribution in [-0.4, -0.2) is 31.4 Å². The fourth-order valence-corrected chi connectivity index (χ4v) is 5.48. The molecule has 1 amide bonds. The number of hydrogen-bond acceptors (Lipinski definition) is 6. The molecule has 0 fully saturated rings. The summed E-state index contributed by atoms with van der Waals surface area (Å²) in [6.45, 7) is 2.05. The summed E-state index contributed by atoms with van der Waals surface area (Å²) in [4.78, 5) is 18.2. The number of aryl methyl sites for hydroxylation is 1. The molecule has 6 nitrogen and oxygen atoms in total. The topological polar surface area (TPSA) is 72.7 Å². The van der Waals surface area contributed by atoms with Gasteiger partial charge in [-0.15, -0.1) is 21.5 Å². The maximum absolute atomic E-state index is 12.7. The summed E-state index contributed by atoms with van der Waals surface area (Å²) in [6, 6.07) is 26.3. The molecule has 2 aromatic heterocycles. The van der Waals surface area contributed by atoms with Crippen molar-refractivity contribution in [2.45, 2.75) is 18.5 Å². The van der Waals surface area contributed by atoms with Crippen LogP contribution in [0.2, 0.25) is 0 Å². The van der Waals surface area contributed by atoms with Gasteiger partial charge in [-0.05, 0) is 36.8 Å². The van der Waals surface area contributed by atoms with E-state index in [0.717, 1.165) is 32.8 Å². The van der Waals surface area contributed by atoms with E-state index in [9.17, 15) is 4.79 Å². The highest BCUT2D eigenvalue weighted by Gasteiger charge is 2.17. The van der Waals surface area contributed by atoms with Gasteiger partial charge in [-0.25, -0.2) is 4.98 Å². The number of nitrogens with one attached hydrogen (secondary N) is 1. The molecule has 5 rings (SSSR count). The third kappa shape index (κ3) is 5.92. The minimum Gasteiger partial charge on any atom is -0.301 e. The standard InChI is InChI=1S/C27H22BrN5OS2/c1-18-7-13-22(14-8-18)33-25(20-5-3-2-4-6-20)31-32-27(33)35-17-24(34)30-26-29-16-23(36-26)15-19-9-11-21(28)12-10-19/h2-14,16H,15,17H2,1H3,(H,29,30,34). The Morgan fingerprint density at radius 2 is 1.75 bits per heavy atom. The van der Waals surface area contributed by atoms with Gasteiger partial charge in [-0.3, -0.25) is 9.36 Å². The fraction of sp³-hybridized carbons (Fsp3) is 0.111. The van der Waals surface area contributed by atoms with Crippen LogP contribution >= 0.6 is 39.0 Å². The molecule has 5 aromatic rings. The monoisotopic (exact) mass is 575 g/mol. The summed E-state index contributed by atoms with van der Waals surface area (Å²) in [5.74, 6) is 0.796. The minimum atomic E-state index is -0.135. The molecular formula is C27H22BrN5OS2. The van der Waals surface area contributed by atoms with Crippen molar-refractivity contribution in [2.24, 2.45) is 0 Å². The van der Waals surface area contributed by atoms with Crippen LogP contribution in [0.3, 0.4) is 0 Å². The van der Waals surface area contributed by atoms with Crippen molar-refractivity contribution in [3.63, 3.8) is 0 Å². The summed E-state index contributed by atoms with van der Waals surface area (Å²) in [5.41, 5.74) is 4.28. The number of nitrogens with zero attached hydrogens (tertiary/aromatic N) is 4. The highest BCUT2D eigenvalue weighted by Crippen LogP contribution is 2.28. The number of anilines is 1. The Morgan fingerprint density at radius 1 is 1.00 bits per heavy atom. The summed E-state index contributed by atoms with van der Waals surface area (Å²) >= 11 is 6.29. The van der Waals surface area contributed by atoms with Crippen molar-refractivity contribution < 1.29 is 4.79 Å². The number of halogens is 1. The maximum Gasteiger partial charge on any atom is 0.236 e. The van der Waals surface area contributed by atoms with E-state index in [-0.39, 0.29) is 11.7 Å². The van der Waals surface area contributed by atoms with Crippen LogP contribution in [0.1, 0.15) is 16.0 Å². The van der Waals surface area contributed by atoms with Gasteiger partial charge in [0.1, 0.15) is 0 Å². The van der Waals surface area contributed by atoms with Crippen molar-refractivity contribution in [1.82, 2.24) is 19.7 Å². The molecule has 0 saturated heterocycles. The number of rotatable bonds is 8. The van der Waals surface area contributed by atoms with E-state index in [1.54, 1.807) is 0 Å². The molecule has 0 bridgehead atoms. The molecule has 1 N–H and O–H groups in total. The van der Waals surface area contributed by atoms with E-state index in [0.29, 0.717) is 10.3 Å². The number of aromatic nitrogens is 4. The first kappa shape index (κ1) is 24.4. The first-order valence-corrected chi connectivity index (χ1v) is 13.8. The van der Waals surface area contributed by atoms with E-state index in [2.05, 4.69) is 67.6 Å². The largest absolute Gasteiger partial charge is 0.301 e. The van der Waals surface area contributed by atoms with E-state index < -0.39 is 0 Å². The Balaban J connectivity index is 1.28. The highest BCUT2D eigenvalue weighted by molar-refractivity contribution is 9.10. The lowest BCUT2D eigenvalue weighted by molar-refractivity contribution is -0.113. The van der Waals surface area contributed by atoms with Crippen molar-refractivity contribution in [3.8, 4) is 17.1 Å². The third-order valence-corrected chi connectivity index (χ3v) is 7.75. The predicted octanol–water partition coefficient (Wildman–Crippen LogP) is 6.78. The second kappa shape index (κ2) is 11.2. The number of carbonyl (C=O) groups excluding carboxylic acids is 1. The molecule has 0 spiro atoms. The van der Waals surface area contributed by atoms with Crippen LogP contribution in [0.4, 0.5) is 5.13 Å². The first-order valence-electron chi connectivity index (χ1n) is 11.2. The number of thioether (sulfide) groups is 1. The molecule has 0 aliphatic heterocycles. The van der Waals surface area contributed by atoms with Gasteiger partial charge < -0.3 is 5.32 Å². The van der Waals surface area contributed by atoms with Crippen molar-refractivity contribution in [2.75, 3.05) is 11.1 Å². The van der Waals surface area contributed by atoms with Gasteiger partial charge in [0, 0.05) is 33.2 Å². The Morgan fingerprint density at radius 3 is 2.50 bits per heavy atom. The quantitative estimate of drug-likeness (QED) is 0.206. The van der Waals surface area contributed by atoms with Gasteiger partial charge >= 0.3 is 0 Å². The summed E-state index contributed by atoms with van der Waals surface area (Å²) in [7, 11) is 0. The van der Waals surface area contributed by atoms with Crippen LogP contribution in [-0.2, 0) is 11.2 Å². The van der Waals surface area contributed by atoms with E-state index in [4.69, 9.17) is 0 Å². The molecule has 0 aliphatic carbocycles. The van der Waals surface area contributed by atoms with Gasteiger partial charge in [0.15, 0.2) is 16.1 Å². The normalized spacial score (nSPS) is 10.9. The number of carbonyl (C=O) groups is 1. The molecule has 0 atom stereocenters. The molecule has 0 radical (unpaired) electrons. The number of thiazole rings is 1. The van der Waals surface area contributed by atoms with Gasteiger partial charge in [-0.1, -0.05) is 87.9 Å². The van der Waals surface area contributed by atoms with Gasteiger partial charge in [0.2, 0.25) is 5.91 Å². The third-order valence-electron chi connectivity index (χ3n) is 5.38. The summed E-state index contributed by atoms with van der Waals surface area (Å²) in [5, 5.41) is 13.0. The smallest absolute Gasteiger partial charge is 0.236 e. The van der Waals surface area contributed by atoms with E-state index in [1.165, 1.54) is 34.2 Å². The number of hydrogen-bond donors (Lipinski definition) is 1. The zero-order valence-corrected chi connectivity index (χ0v) is 22.6. The molecule has 2 heterocycles. The van der Waals surface area contributed by atoms with Crippen LogP contribution in [0.15, 0.2) is 94.7 Å². The zero-order valence-electron chi connectivity index (χ0n) is 19.4. The van der Waals surface area contributed by atoms with E-state index in [1.807, 2.05) is 65.4 Å². The van der Waals surface area contributed by atoms with Crippen molar-refractivity contribution in [3.05, 3.63) is 106 Å². The SMILES string of the molecule is Cc1ccc(-n2c(SCC(=O)Nc3ncc(Cc4ccc(Br)cc4)s3)nnc2-c2ccccc2)cc1. The molecule has 0 saturated carbocycles. The fourth-order valence-electron chi connectivity index (χ4n) is 3.60. The molecule has 3 aromatic carbocycles. The molecule has 0 unspecified atom stereocenters. The first-order chi connectivity index (χ1) is 17.5. The van der Waals surface area contributed by atoms with Gasteiger partial charge in [-0.2, -0.15) is 0 Å². The molecule has 180 valence electrons. The molecule has 9 heteroatoms. The van der Waals surface area contributed by atoms with Crippen molar-refractivity contribution in [1.29, 1.82) is 0 Å². The lowest BCUT2D eigenvalue weighted by Crippen LogP contribution is -2.14. The van der Waals surface area contributed by atoms with Gasteiger partial charge in [0.25, 0.3) is 0 Å². The Hall–Kier alpha value is -3.27. The lowest BCUT2D eigenvalue weighted by Gasteiger charge is -2.10. The maximum atomic E-state index is 12.7. The average Bonchev–Trinajstić information content (AvgIpc) is 3.52. The predicted molar refractivity (Wildman–Crippen MR) is 150 cm³/mol. The minimum absolute atomic E-state index is 0.135. The van der Waals surface area contributed by atoms with Gasteiger partial charge in [0.05, 0.1) is 5.75 Å². The lowest BCUT2D eigenvalue weighted by atomic mass is 10.1. The molecule has 0 aliphatic rings. The van der Waals surface area contributed by atoms with Crippen LogP contribution < -0.4 is 5.32 Å². The Bertz CT molecular complexity index is 1460. The number of benzene rings is 3. The number of amides is 1. The second-order valence-electron chi connectivity index (χ2n) is 8.11. The molecular weight excluding hydrogens is 554 g/mol. The highest BCUT2D eigenvalue weighted by atomic mass is 79.9. The van der Waals surface area contributed by atoms with Crippen LogP contribution in [0, 0.1) is 6.92 Å². The van der Waals surface area contributed by atoms with Crippen LogP contribution in [0.5, 0.6) is 0 Å². The second-order valence-corrected chi connectivity index (χ2v) is 11.1. The van der Waals surface area contributed by atoms with Crippen LogP contribution in [0.25, 0.3) is 17.1 Å². The molecule has 36 heavy (non-hydrogen) atoms. The summed E-state index contributed by atoms with van der Waals surface area (Å²) < 4.78 is 3.04. The zero-order chi connectivity index (χ0) is 24.9. The Kier molecular flexibility index (Phi) is 7.60. The van der Waals surface area contributed by atoms with Crippen molar-refractivity contribution >= 4 is 50.1 Å². The van der Waals surface area contributed by atoms with E-state index >= 15 is 0 Å².